The number of rotatable bonds is 5. The Hall–Kier alpha value is -0.640. The monoisotopic (exact) mass is 191 g/mol. The minimum atomic E-state index is -3.48. The Kier molecular flexibility index (Phi) is 4.81. The first-order chi connectivity index (χ1) is 5.58. The van der Waals surface area contributed by atoms with Gasteiger partial charge in [-0.15, -0.1) is 0 Å². The van der Waals surface area contributed by atoms with Gasteiger partial charge >= 0.3 is 0 Å². The van der Waals surface area contributed by atoms with Crippen LogP contribution >= 0.6 is 0 Å². The van der Waals surface area contributed by atoms with E-state index in [0.717, 1.165) is 0 Å². The minimum absolute atomic E-state index is 0.181. The summed E-state index contributed by atoms with van der Waals surface area (Å²) >= 11 is 0. The zero-order valence-electron chi connectivity index (χ0n) is 6.95. The molecule has 0 radical (unpaired) electrons. The predicted molar refractivity (Wildman–Crippen MR) is 45.7 cm³/mol. The molecule has 0 saturated heterocycles. The van der Waals surface area contributed by atoms with Gasteiger partial charge < -0.3 is 5.73 Å². The molecule has 12 heavy (non-hydrogen) atoms. The number of nitrogens with one attached hydrogen (secondary N) is 1. The first-order valence-electron chi connectivity index (χ1n) is 3.66. The van der Waals surface area contributed by atoms with E-state index in [1.807, 2.05) is 0 Å². The van der Waals surface area contributed by atoms with Crippen LogP contribution < -0.4 is 10.5 Å². The van der Waals surface area contributed by atoms with Gasteiger partial charge in [0.25, 0.3) is 0 Å². The standard InChI is InChI=1S/C6H13N3O2S/c1-2-6(5-8)12(10,11)9-4-3-7/h6,9H,2-4,7H2,1H3. The number of nitriles is 1. The number of hydrogen-bond acceptors (Lipinski definition) is 4. The van der Waals surface area contributed by atoms with Crippen molar-refractivity contribution >= 4 is 10.0 Å². The summed E-state index contributed by atoms with van der Waals surface area (Å²) in [7, 11) is -3.48. The molecule has 6 heteroatoms. The summed E-state index contributed by atoms with van der Waals surface area (Å²) in [6, 6.07) is 1.71. The van der Waals surface area contributed by atoms with Gasteiger partial charge in [0.2, 0.25) is 10.0 Å². The summed E-state index contributed by atoms with van der Waals surface area (Å²) < 4.78 is 24.6. The molecule has 1 atom stereocenters. The van der Waals surface area contributed by atoms with Crippen LogP contribution in [0.5, 0.6) is 0 Å². The van der Waals surface area contributed by atoms with Gasteiger partial charge in [0.1, 0.15) is 0 Å². The Bertz CT molecular complexity index is 254. The minimum Gasteiger partial charge on any atom is -0.329 e. The van der Waals surface area contributed by atoms with Crippen molar-refractivity contribution in [3.05, 3.63) is 0 Å². The fourth-order valence-electron chi connectivity index (χ4n) is 0.682. The zero-order chi connectivity index (χ0) is 9.61. The normalized spacial score (nSPS) is 13.8. The van der Waals surface area contributed by atoms with E-state index >= 15 is 0 Å². The average molecular weight is 191 g/mol. The third kappa shape index (κ3) is 3.17. The fourth-order valence-corrected chi connectivity index (χ4v) is 1.86. The highest BCUT2D eigenvalue weighted by Crippen LogP contribution is 2.01. The third-order valence-corrected chi connectivity index (χ3v) is 3.13. The molecule has 0 aliphatic rings. The molecule has 70 valence electrons. The van der Waals surface area contributed by atoms with E-state index in [9.17, 15) is 8.42 Å². The van der Waals surface area contributed by atoms with E-state index in [1.165, 1.54) is 0 Å². The van der Waals surface area contributed by atoms with E-state index in [0.29, 0.717) is 0 Å². The third-order valence-electron chi connectivity index (χ3n) is 1.34. The van der Waals surface area contributed by atoms with Crippen molar-refractivity contribution < 1.29 is 8.42 Å². The van der Waals surface area contributed by atoms with Crippen LogP contribution in [0.25, 0.3) is 0 Å². The van der Waals surface area contributed by atoms with Gasteiger partial charge in [-0.2, -0.15) is 5.26 Å². The number of nitrogens with two attached hydrogens (primary N) is 1. The largest absolute Gasteiger partial charge is 0.329 e. The summed E-state index contributed by atoms with van der Waals surface area (Å²) in [5.74, 6) is 0. The first-order valence-corrected chi connectivity index (χ1v) is 5.21. The van der Waals surface area contributed by atoms with Crippen molar-refractivity contribution in [3.8, 4) is 6.07 Å². The van der Waals surface area contributed by atoms with Crippen molar-refractivity contribution in [2.45, 2.75) is 18.6 Å². The van der Waals surface area contributed by atoms with Gasteiger partial charge in [-0.1, -0.05) is 6.92 Å². The Morgan fingerprint density at radius 1 is 1.67 bits per heavy atom. The first kappa shape index (κ1) is 11.4. The highest BCUT2D eigenvalue weighted by Gasteiger charge is 2.21. The van der Waals surface area contributed by atoms with Crippen molar-refractivity contribution in [3.63, 3.8) is 0 Å². The molecule has 5 nitrogen and oxygen atoms in total. The summed E-state index contributed by atoms with van der Waals surface area (Å²) in [5.41, 5.74) is 5.11. The molecule has 0 aromatic rings. The lowest BCUT2D eigenvalue weighted by Gasteiger charge is -2.08. The van der Waals surface area contributed by atoms with Gasteiger partial charge in [0.05, 0.1) is 6.07 Å². The second-order valence-corrected chi connectivity index (χ2v) is 4.20. The highest BCUT2D eigenvalue weighted by molar-refractivity contribution is 7.90. The maximum Gasteiger partial charge on any atom is 0.228 e. The molecule has 0 fully saturated rings. The fraction of sp³-hybridized carbons (Fsp3) is 0.833. The Labute approximate surface area is 72.6 Å². The van der Waals surface area contributed by atoms with Crippen LogP contribution in [0.1, 0.15) is 13.3 Å². The number of hydrogen-bond donors (Lipinski definition) is 2. The second-order valence-electron chi connectivity index (χ2n) is 2.25. The molecule has 0 amide bonds. The zero-order valence-corrected chi connectivity index (χ0v) is 7.76. The Morgan fingerprint density at radius 2 is 2.25 bits per heavy atom. The molecule has 0 aliphatic heterocycles. The number of sulfonamides is 1. The predicted octanol–water partition coefficient (Wildman–Crippen LogP) is -0.833. The lowest BCUT2D eigenvalue weighted by molar-refractivity contribution is 0.573. The molecule has 0 aromatic carbocycles. The molecule has 0 rings (SSSR count). The highest BCUT2D eigenvalue weighted by atomic mass is 32.2. The maximum atomic E-state index is 11.2. The van der Waals surface area contributed by atoms with E-state index in [1.54, 1.807) is 13.0 Å². The van der Waals surface area contributed by atoms with E-state index in [2.05, 4.69) is 4.72 Å². The van der Waals surface area contributed by atoms with E-state index in [4.69, 9.17) is 11.0 Å². The molecule has 0 spiro atoms. The van der Waals surface area contributed by atoms with Crippen LogP contribution in [0.3, 0.4) is 0 Å². The van der Waals surface area contributed by atoms with Crippen molar-refractivity contribution in [2.24, 2.45) is 5.73 Å². The lowest BCUT2D eigenvalue weighted by atomic mass is 10.4. The summed E-state index contributed by atoms with van der Waals surface area (Å²) in [5, 5.41) is 7.49. The van der Waals surface area contributed by atoms with E-state index < -0.39 is 15.3 Å². The van der Waals surface area contributed by atoms with Crippen molar-refractivity contribution in [1.82, 2.24) is 4.72 Å². The number of nitrogens with zero attached hydrogens (tertiary/aromatic N) is 1. The van der Waals surface area contributed by atoms with Gasteiger partial charge in [-0.25, -0.2) is 13.1 Å². The average Bonchev–Trinajstić information content (AvgIpc) is 2.03. The van der Waals surface area contributed by atoms with Gasteiger partial charge in [0.15, 0.2) is 5.25 Å². The summed E-state index contributed by atoms with van der Waals surface area (Å²) in [6.45, 7) is 2.07. The van der Waals surface area contributed by atoms with E-state index in [-0.39, 0.29) is 19.5 Å². The molecule has 0 aliphatic carbocycles. The van der Waals surface area contributed by atoms with Gasteiger partial charge in [0, 0.05) is 13.1 Å². The molecule has 0 saturated carbocycles. The van der Waals surface area contributed by atoms with Crippen LogP contribution in [-0.4, -0.2) is 26.8 Å². The Morgan fingerprint density at radius 3 is 2.58 bits per heavy atom. The molecular formula is C6H13N3O2S. The van der Waals surface area contributed by atoms with Crippen LogP contribution in [0.4, 0.5) is 0 Å². The van der Waals surface area contributed by atoms with Crippen LogP contribution in [0.15, 0.2) is 0 Å². The molecule has 1 unspecified atom stereocenters. The summed E-state index contributed by atoms with van der Waals surface area (Å²) in [4.78, 5) is 0. The van der Waals surface area contributed by atoms with Gasteiger partial charge in [-0.3, -0.25) is 0 Å². The lowest BCUT2D eigenvalue weighted by Crippen LogP contribution is -2.36. The van der Waals surface area contributed by atoms with Crippen LogP contribution in [0.2, 0.25) is 0 Å². The molecule has 0 bridgehead atoms. The molecule has 3 N–H and O–H groups in total. The van der Waals surface area contributed by atoms with Gasteiger partial charge in [-0.05, 0) is 6.42 Å². The van der Waals surface area contributed by atoms with Crippen LogP contribution in [0, 0.1) is 11.3 Å². The van der Waals surface area contributed by atoms with Crippen LogP contribution in [-0.2, 0) is 10.0 Å². The summed E-state index contributed by atoms with van der Waals surface area (Å²) in [6.07, 6.45) is 0.288. The molecule has 0 heterocycles. The quantitative estimate of drug-likeness (QED) is 0.592. The molecular weight excluding hydrogens is 178 g/mol. The topological polar surface area (TPSA) is 96.0 Å². The van der Waals surface area contributed by atoms with Crippen molar-refractivity contribution in [2.75, 3.05) is 13.1 Å². The smallest absolute Gasteiger partial charge is 0.228 e. The Balaban J connectivity index is 4.30. The maximum absolute atomic E-state index is 11.2. The van der Waals surface area contributed by atoms with Crippen molar-refractivity contribution in [1.29, 1.82) is 5.26 Å². The second kappa shape index (κ2) is 5.09. The molecule has 0 aromatic heterocycles. The SMILES string of the molecule is CCC(C#N)S(=O)(=O)NCCN.